The predicted molar refractivity (Wildman–Crippen MR) is 76.4 cm³/mol. The third kappa shape index (κ3) is 3.93. The van der Waals surface area contributed by atoms with Crippen molar-refractivity contribution in [2.45, 2.75) is 25.3 Å². The van der Waals surface area contributed by atoms with Gasteiger partial charge in [0.25, 0.3) is 0 Å². The van der Waals surface area contributed by atoms with Gasteiger partial charge >= 0.3 is 0 Å². The lowest BCUT2D eigenvalue weighted by Crippen LogP contribution is -2.53. The molecular formula is C17H19NO2. The highest BCUT2D eigenvalue weighted by Gasteiger charge is 2.09. The molecule has 0 aliphatic heterocycles. The maximum Gasteiger partial charge on any atom is 0.110 e. The normalized spacial score (nSPS) is 12.1. The van der Waals surface area contributed by atoms with Crippen molar-refractivity contribution >= 4 is 5.97 Å². The van der Waals surface area contributed by atoms with Crippen LogP contribution in [0.5, 0.6) is 0 Å². The molecule has 0 saturated heterocycles. The van der Waals surface area contributed by atoms with Gasteiger partial charge in [0.15, 0.2) is 0 Å². The Morgan fingerprint density at radius 2 is 1.60 bits per heavy atom. The molecule has 0 aliphatic carbocycles. The summed E-state index contributed by atoms with van der Waals surface area (Å²) in [5.41, 5.74) is 7.60. The maximum absolute atomic E-state index is 10.4. The van der Waals surface area contributed by atoms with Crippen LogP contribution in [0.2, 0.25) is 0 Å². The second kappa shape index (κ2) is 6.87. The molecule has 0 amide bonds. The Hall–Kier alpha value is -2.13. The summed E-state index contributed by atoms with van der Waals surface area (Å²) in [5, 5.41) is 10.4. The summed E-state index contributed by atoms with van der Waals surface area (Å²) in [6.45, 7) is 0. The molecule has 2 rings (SSSR count). The number of carbonyl (C=O) groups is 1. The minimum atomic E-state index is -0.989. The van der Waals surface area contributed by atoms with Crippen molar-refractivity contribution in [3.05, 3.63) is 60.2 Å². The number of carboxylic acid groups (broad SMARTS) is 1. The molecule has 0 radical (unpaired) electrons. The van der Waals surface area contributed by atoms with Gasteiger partial charge in [-0.25, -0.2) is 0 Å². The fraction of sp³-hybridized carbons (Fsp3) is 0.235. The topological polar surface area (TPSA) is 67.8 Å². The van der Waals surface area contributed by atoms with Crippen molar-refractivity contribution in [2.24, 2.45) is 0 Å². The monoisotopic (exact) mass is 269 g/mol. The molecule has 3 nitrogen and oxygen atoms in total. The van der Waals surface area contributed by atoms with E-state index < -0.39 is 5.97 Å². The van der Waals surface area contributed by atoms with Crippen LogP contribution in [0.1, 0.15) is 30.9 Å². The molecule has 2 aromatic carbocycles. The van der Waals surface area contributed by atoms with E-state index in [9.17, 15) is 9.90 Å². The quantitative estimate of drug-likeness (QED) is 0.864. The Morgan fingerprint density at radius 3 is 2.20 bits per heavy atom. The van der Waals surface area contributed by atoms with Crippen LogP contribution in [-0.4, -0.2) is 5.97 Å². The lowest BCUT2D eigenvalue weighted by molar-refractivity contribution is -0.428. The third-order valence-corrected chi connectivity index (χ3v) is 3.42. The summed E-state index contributed by atoms with van der Waals surface area (Å²) in [6.07, 6.45) is 1.48. The van der Waals surface area contributed by atoms with E-state index in [1.54, 1.807) is 0 Å². The number of aliphatic carboxylic acids is 1. The van der Waals surface area contributed by atoms with Crippen LogP contribution in [0.3, 0.4) is 0 Å². The number of carboxylic acids is 1. The van der Waals surface area contributed by atoms with Crippen LogP contribution in [0.25, 0.3) is 11.1 Å². The second-order valence-electron chi connectivity index (χ2n) is 4.95. The fourth-order valence-corrected chi connectivity index (χ4v) is 2.24. The first-order valence-corrected chi connectivity index (χ1v) is 6.85. The van der Waals surface area contributed by atoms with Crippen LogP contribution in [0, 0.1) is 0 Å². The highest BCUT2D eigenvalue weighted by Crippen LogP contribution is 2.22. The molecule has 3 N–H and O–H groups in total. The molecule has 0 aromatic heterocycles. The smallest absolute Gasteiger partial charge is 0.110 e. The average molecular weight is 269 g/mol. The van der Waals surface area contributed by atoms with E-state index in [1.807, 2.05) is 18.2 Å². The van der Waals surface area contributed by atoms with E-state index in [4.69, 9.17) is 0 Å². The maximum atomic E-state index is 10.4. The van der Waals surface area contributed by atoms with Gasteiger partial charge in [0.2, 0.25) is 0 Å². The van der Waals surface area contributed by atoms with Gasteiger partial charge in [0.1, 0.15) is 6.04 Å². The number of benzene rings is 2. The molecule has 0 heterocycles. The predicted octanol–water partition coefficient (Wildman–Crippen LogP) is 1.56. The Balaban J connectivity index is 1.99. The first-order chi connectivity index (χ1) is 9.66. The summed E-state index contributed by atoms with van der Waals surface area (Å²) in [5.74, 6) is -0.989. The van der Waals surface area contributed by atoms with Gasteiger partial charge < -0.3 is 15.6 Å². The van der Waals surface area contributed by atoms with Crippen molar-refractivity contribution in [1.29, 1.82) is 0 Å². The highest BCUT2D eigenvalue weighted by atomic mass is 16.4. The van der Waals surface area contributed by atoms with Crippen LogP contribution >= 0.6 is 0 Å². The summed E-state index contributed by atoms with van der Waals surface area (Å²) in [4.78, 5) is 10.4. The summed E-state index contributed by atoms with van der Waals surface area (Å²) < 4.78 is 0. The van der Waals surface area contributed by atoms with Gasteiger partial charge in [-0.05, 0) is 24.0 Å². The van der Waals surface area contributed by atoms with Gasteiger partial charge in [0.05, 0.1) is 0 Å². The van der Waals surface area contributed by atoms with E-state index in [-0.39, 0.29) is 12.5 Å². The first kappa shape index (κ1) is 14.3. The average Bonchev–Trinajstić information content (AvgIpc) is 2.48. The molecule has 20 heavy (non-hydrogen) atoms. The number of hydrogen-bond donors (Lipinski definition) is 1. The van der Waals surface area contributed by atoms with Gasteiger partial charge in [-0.3, -0.25) is 0 Å². The summed E-state index contributed by atoms with van der Waals surface area (Å²) >= 11 is 0. The van der Waals surface area contributed by atoms with E-state index in [0.29, 0.717) is 6.42 Å². The zero-order valence-corrected chi connectivity index (χ0v) is 11.4. The first-order valence-electron chi connectivity index (χ1n) is 6.85. The zero-order chi connectivity index (χ0) is 14.4. The van der Waals surface area contributed by atoms with Gasteiger partial charge in [-0.15, -0.1) is 0 Å². The van der Waals surface area contributed by atoms with Crippen molar-refractivity contribution in [1.82, 2.24) is 0 Å². The van der Waals surface area contributed by atoms with Crippen LogP contribution in [0.15, 0.2) is 54.6 Å². The van der Waals surface area contributed by atoms with Gasteiger partial charge in [-0.1, -0.05) is 54.6 Å². The number of rotatable bonds is 6. The van der Waals surface area contributed by atoms with E-state index in [1.165, 1.54) is 11.1 Å². The van der Waals surface area contributed by atoms with Crippen LogP contribution in [-0.2, 0) is 4.79 Å². The van der Waals surface area contributed by atoms with E-state index in [0.717, 1.165) is 12.0 Å². The molecule has 2 aromatic rings. The third-order valence-electron chi connectivity index (χ3n) is 3.42. The van der Waals surface area contributed by atoms with Crippen molar-refractivity contribution in [3.8, 4) is 11.1 Å². The lowest BCUT2D eigenvalue weighted by atomic mass is 9.98. The zero-order valence-electron chi connectivity index (χ0n) is 11.4. The minimum absolute atomic E-state index is 0.105. The fourth-order valence-electron chi connectivity index (χ4n) is 2.24. The Kier molecular flexibility index (Phi) is 4.91. The largest absolute Gasteiger partial charge is 0.550 e. The summed E-state index contributed by atoms with van der Waals surface area (Å²) in [7, 11) is 0. The SMILES string of the molecule is [NH3+][C@@H](CCCC(=O)[O-])c1ccc(-c2ccccc2)cc1. The molecule has 0 spiro atoms. The molecular weight excluding hydrogens is 250 g/mol. The molecule has 104 valence electrons. The number of hydrogen-bond acceptors (Lipinski definition) is 2. The van der Waals surface area contributed by atoms with E-state index >= 15 is 0 Å². The Bertz CT molecular complexity index is 549. The van der Waals surface area contributed by atoms with Crippen LogP contribution < -0.4 is 10.8 Å². The molecule has 0 unspecified atom stereocenters. The van der Waals surface area contributed by atoms with Crippen LogP contribution in [0.4, 0.5) is 0 Å². The molecule has 0 bridgehead atoms. The van der Waals surface area contributed by atoms with E-state index in [2.05, 4.69) is 42.1 Å². The summed E-state index contributed by atoms with van der Waals surface area (Å²) in [6, 6.07) is 18.6. The van der Waals surface area contributed by atoms with Crippen molar-refractivity contribution in [3.63, 3.8) is 0 Å². The van der Waals surface area contributed by atoms with Crippen molar-refractivity contribution < 1.29 is 15.6 Å². The Labute approximate surface area is 119 Å². The highest BCUT2D eigenvalue weighted by molar-refractivity contribution is 5.64. The van der Waals surface area contributed by atoms with Crippen molar-refractivity contribution in [2.75, 3.05) is 0 Å². The standard InChI is InChI=1S/C17H19NO2/c18-16(7-4-8-17(19)20)15-11-9-14(10-12-15)13-5-2-1-3-6-13/h1-3,5-6,9-12,16H,4,7-8,18H2,(H,19,20)/t16-/m0/s1. The molecule has 1 atom stereocenters. The molecule has 0 saturated carbocycles. The lowest BCUT2D eigenvalue weighted by Gasteiger charge is -2.10. The molecule has 0 fully saturated rings. The molecule has 0 aliphatic rings. The van der Waals surface area contributed by atoms with Gasteiger partial charge in [0, 0.05) is 18.0 Å². The molecule has 3 heteroatoms. The number of carbonyl (C=O) groups excluding carboxylic acids is 1. The van der Waals surface area contributed by atoms with Gasteiger partial charge in [-0.2, -0.15) is 0 Å². The second-order valence-corrected chi connectivity index (χ2v) is 4.95. The Morgan fingerprint density at radius 1 is 1.00 bits per heavy atom. The number of quaternary nitrogens is 1. The minimum Gasteiger partial charge on any atom is -0.550 e.